The molecule has 206 valence electrons. The predicted molar refractivity (Wildman–Crippen MR) is 170 cm³/mol. The fourth-order valence-electron chi connectivity index (χ4n) is 6.28. The van der Waals surface area contributed by atoms with Gasteiger partial charge in [-0.3, -0.25) is 4.98 Å². The molecule has 40 heavy (non-hydrogen) atoms. The number of benzene rings is 2. The molecule has 5 nitrogen and oxygen atoms in total. The number of aryl methyl sites for hydroxylation is 2. The third-order valence-corrected chi connectivity index (χ3v) is 9.13. The monoisotopic (exact) mass is 569 g/mol. The Labute approximate surface area is 247 Å². The van der Waals surface area contributed by atoms with E-state index in [0.29, 0.717) is 5.11 Å². The first-order valence-electron chi connectivity index (χ1n) is 14.1. The third-order valence-electron chi connectivity index (χ3n) is 8.51. The van der Waals surface area contributed by atoms with E-state index < -0.39 is 0 Å². The van der Waals surface area contributed by atoms with Gasteiger partial charge in [-0.2, -0.15) is 0 Å². The second-order valence-corrected chi connectivity index (χ2v) is 12.1. The SMILES string of the molecule is Cc1ccc(-n2c(C)cc([C@@H]3[C@H](c4ccccn4)NC(=S)N3c3ccc(N4CCC(C)CC4)c(Cl)c3)c2C)cc1. The highest BCUT2D eigenvalue weighted by Gasteiger charge is 2.42. The van der Waals surface area contributed by atoms with Crippen LogP contribution in [0.25, 0.3) is 5.69 Å². The van der Waals surface area contributed by atoms with Gasteiger partial charge in [-0.05, 0) is 106 Å². The van der Waals surface area contributed by atoms with Crippen molar-refractivity contribution in [2.45, 2.75) is 52.6 Å². The molecule has 2 fully saturated rings. The summed E-state index contributed by atoms with van der Waals surface area (Å²) in [7, 11) is 0. The molecule has 6 rings (SSSR count). The quantitative estimate of drug-likeness (QED) is 0.247. The van der Waals surface area contributed by atoms with Crippen LogP contribution < -0.4 is 15.1 Å². The van der Waals surface area contributed by atoms with E-state index in [0.717, 1.165) is 46.8 Å². The minimum atomic E-state index is -0.109. The van der Waals surface area contributed by atoms with Crippen LogP contribution in [-0.4, -0.2) is 27.8 Å². The second-order valence-electron chi connectivity index (χ2n) is 11.3. The first-order chi connectivity index (χ1) is 19.3. The van der Waals surface area contributed by atoms with E-state index in [1.165, 1.54) is 35.4 Å². The molecule has 7 heteroatoms. The third kappa shape index (κ3) is 4.88. The van der Waals surface area contributed by atoms with Crippen molar-refractivity contribution in [2.75, 3.05) is 22.9 Å². The standard InChI is InChI=1S/C33H36ClN5S/c1-21-8-10-25(11-9-21)38-23(3)19-27(24(38)4)32-31(29-7-5-6-16-35-29)36-33(40)39(32)26-12-13-30(28(34)20-26)37-17-14-22(2)15-18-37/h5-13,16,19-20,22,31-32H,14-15,17-18H2,1-4H3,(H,36,40)/t31-,32+/m0/s1. The zero-order valence-electron chi connectivity index (χ0n) is 23.6. The van der Waals surface area contributed by atoms with Crippen LogP contribution in [0.3, 0.4) is 0 Å². The molecule has 1 N–H and O–H groups in total. The van der Waals surface area contributed by atoms with E-state index in [-0.39, 0.29) is 12.1 Å². The first kappa shape index (κ1) is 26.9. The van der Waals surface area contributed by atoms with E-state index in [2.05, 4.69) is 102 Å². The highest BCUT2D eigenvalue weighted by molar-refractivity contribution is 7.80. The molecule has 0 amide bonds. The molecule has 2 aliphatic heterocycles. The number of hydrogen-bond acceptors (Lipinski definition) is 3. The lowest BCUT2D eigenvalue weighted by Crippen LogP contribution is -2.33. The highest BCUT2D eigenvalue weighted by Crippen LogP contribution is 2.45. The van der Waals surface area contributed by atoms with E-state index in [4.69, 9.17) is 28.8 Å². The average Bonchev–Trinajstić information content (AvgIpc) is 3.45. The molecular weight excluding hydrogens is 534 g/mol. The van der Waals surface area contributed by atoms with E-state index in [9.17, 15) is 0 Å². The lowest BCUT2D eigenvalue weighted by Gasteiger charge is -2.33. The highest BCUT2D eigenvalue weighted by atomic mass is 35.5. The summed E-state index contributed by atoms with van der Waals surface area (Å²) in [6.07, 6.45) is 4.24. The Balaban J connectivity index is 1.43. The summed E-state index contributed by atoms with van der Waals surface area (Å²) in [6.45, 7) is 10.9. The average molecular weight is 570 g/mol. The number of piperidine rings is 1. The van der Waals surface area contributed by atoms with Crippen molar-refractivity contribution < 1.29 is 0 Å². The Morgan fingerprint density at radius 3 is 2.33 bits per heavy atom. The number of hydrogen-bond donors (Lipinski definition) is 1. The van der Waals surface area contributed by atoms with Gasteiger partial charge in [0.05, 0.1) is 28.5 Å². The van der Waals surface area contributed by atoms with Gasteiger partial charge >= 0.3 is 0 Å². The van der Waals surface area contributed by atoms with Crippen LogP contribution in [0.2, 0.25) is 5.02 Å². The van der Waals surface area contributed by atoms with Crippen LogP contribution in [0.15, 0.2) is 72.9 Å². The van der Waals surface area contributed by atoms with Gasteiger partial charge in [0.25, 0.3) is 0 Å². The number of nitrogens with one attached hydrogen (secondary N) is 1. The normalized spacial score (nSPS) is 19.8. The lowest BCUT2D eigenvalue weighted by molar-refractivity contribution is 0.438. The summed E-state index contributed by atoms with van der Waals surface area (Å²) in [4.78, 5) is 9.38. The second kappa shape index (κ2) is 10.9. The maximum absolute atomic E-state index is 6.98. The number of aromatic nitrogens is 2. The van der Waals surface area contributed by atoms with Gasteiger partial charge in [-0.1, -0.05) is 42.3 Å². The Kier molecular flexibility index (Phi) is 7.32. The molecule has 2 aliphatic rings. The zero-order chi connectivity index (χ0) is 28.0. The molecule has 0 spiro atoms. The Morgan fingerprint density at radius 2 is 1.65 bits per heavy atom. The largest absolute Gasteiger partial charge is 0.370 e. The molecule has 2 aromatic carbocycles. The molecule has 4 heterocycles. The van der Waals surface area contributed by atoms with E-state index >= 15 is 0 Å². The Hall–Kier alpha value is -3.35. The fourth-order valence-corrected chi connectivity index (χ4v) is 6.92. The van der Waals surface area contributed by atoms with Crippen molar-refractivity contribution in [1.82, 2.24) is 14.9 Å². The maximum atomic E-state index is 6.98. The van der Waals surface area contributed by atoms with Crippen LogP contribution in [0.5, 0.6) is 0 Å². The van der Waals surface area contributed by atoms with Crippen LogP contribution in [0.1, 0.15) is 60.1 Å². The minimum absolute atomic E-state index is 0.0921. The minimum Gasteiger partial charge on any atom is -0.370 e. The molecule has 0 saturated carbocycles. The number of halogens is 1. The van der Waals surface area contributed by atoms with Gasteiger partial charge in [0.15, 0.2) is 5.11 Å². The van der Waals surface area contributed by atoms with Crippen molar-refractivity contribution in [1.29, 1.82) is 0 Å². The molecule has 0 aliphatic carbocycles. The zero-order valence-corrected chi connectivity index (χ0v) is 25.1. The predicted octanol–water partition coefficient (Wildman–Crippen LogP) is 7.86. The van der Waals surface area contributed by atoms with Gasteiger partial charge in [0.2, 0.25) is 0 Å². The molecule has 2 aromatic heterocycles. The summed E-state index contributed by atoms with van der Waals surface area (Å²) in [5.41, 5.74) is 9.04. The molecule has 2 saturated heterocycles. The van der Waals surface area contributed by atoms with Crippen molar-refractivity contribution in [2.24, 2.45) is 5.92 Å². The van der Waals surface area contributed by atoms with Crippen molar-refractivity contribution in [3.8, 4) is 5.69 Å². The lowest BCUT2D eigenvalue weighted by atomic mass is 9.96. The van der Waals surface area contributed by atoms with Crippen molar-refractivity contribution in [3.63, 3.8) is 0 Å². The van der Waals surface area contributed by atoms with Gasteiger partial charge in [0, 0.05) is 42.0 Å². The van der Waals surface area contributed by atoms with Gasteiger partial charge in [-0.25, -0.2) is 0 Å². The molecule has 0 unspecified atom stereocenters. The smallest absolute Gasteiger partial charge is 0.174 e. The molecule has 2 atom stereocenters. The number of thiocarbonyl (C=S) groups is 1. The summed E-state index contributed by atoms with van der Waals surface area (Å²) in [5, 5.41) is 5.05. The summed E-state index contributed by atoms with van der Waals surface area (Å²) in [6, 6.07) is 23.3. The van der Waals surface area contributed by atoms with Crippen LogP contribution in [0.4, 0.5) is 11.4 Å². The molecule has 0 radical (unpaired) electrons. The summed E-state index contributed by atoms with van der Waals surface area (Å²) < 4.78 is 2.33. The van der Waals surface area contributed by atoms with Gasteiger partial charge in [0.1, 0.15) is 0 Å². The van der Waals surface area contributed by atoms with E-state index in [1.54, 1.807) is 0 Å². The molecule has 0 bridgehead atoms. The summed E-state index contributed by atoms with van der Waals surface area (Å²) in [5.74, 6) is 0.769. The number of pyridine rings is 1. The van der Waals surface area contributed by atoms with Crippen molar-refractivity contribution in [3.05, 3.63) is 106 Å². The number of rotatable bonds is 5. The maximum Gasteiger partial charge on any atom is 0.174 e. The number of anilines is 2. The Morgan fingerprint density at radius 1 is 0.925 bits per heavy atom. The van der Waals surface area contributed by atoms with Crippen LogP contribution in [-0.2, 0) is 0 Å². The van der Waals surface area contributed by atoms with Gasteiger partial charge in [-0.15, -0.1) is 0 Å². The van der Waals surface area contributed by atoms with Crippen LogP contribution >= 0.6 is 23.8 Å². The van der Waals surface area contributed by atoms with Crippen molar-refractivity contribution >= 4 is 40.3 Å². The molecule has 4 aromatic rings. The number of nitrogens with zero attached hydrogens (tertiary/aromatic N) is 4. The fraction of sp³-hybridized carbons (Fsp3) is 0.333. The first-order valence-corrected chi connectivity index (χ1v) is 14.9. The van der Waals surface area contributed by atoms with Crippen LogP contribution in [0, 0.1) is 26.7 Å². The summed E-state index contributed by atoms with van der Waals surface area (Å²) >= 11 is 13.0. The van der Waals surface area contributed by atoms with Gasteiger partial charge < -0.3 is 19.7 Å². The topological polar surface area (TPSA) is 36.3 Å². The van der Waals surface area contributed by atoms with E-state index in [1.807, 2.05) is 18.3 Å². The molecular formula is C33H36ClN5S. The Bertz CT molecular complexity index is 1520.